The molecular formula is C24H34ClN7O. The van der Waals surface area contributed by atoms with Gasteiger partial charge in [-0.3, -0.25) is 4.98 Å². The van der Waals surface area contributed by atoms with Gasteiger partial charge in [0, 0.05) is 49.7 Å². The van der Waals surface area contributed by atoms with Crippen LogP contribution in [0.25, 0.3) is 11.0 Å². The van der Waals surface area contributed by atoms with Crippen LogP contribution in [0, 0.1) is 13.8 Å². The van der Waals surface area contributed by atoms with Crippen molar-refractivity contribution in [1.29, 1.82) is 0 Å². The van der Waals surface area contributed by atoms with Gasteiger partial charge >= 0.3 is 0 Å². The van der Waals surface area contributed by atoms with Crippen molar-refractivity contribution < 1.29 is 4.74 Å². The number of pyridine rings is 1. The number of halogens is 1. The SMILES string of the molecule is CCN1CCN(CCCc2cn(Cc3ncc(C)c(OC)c3C)c3nc(N)nc(Cl)c23)CC1. The summed E-state index contributed by atoms with van der Waals surface area (Å²) < 4.78 is 7.67. The molecule has 0 radical (unpaired) electrons. The summed E-state index contributed by atoms with van der Waals surface area (Å²) in [6.45, 7) is 13.6. The van der Waals surface area contributed by atoms with E-state index in [4.69, 9.17) is 22.1 Å². The van der Waals surface area contributed by atoms with E-state index in [0.717, 1.165) is 91.3 Å². The van der Waals surface area contributed by atoms with Crippen molar-refractivity contribution in [2.75, 3.05) is 52.1 Å². The first-order valence-corrected chi connectivity index (χ1v) is 12.0. The van der Waals surface area contributed by atoms with Crippen molar-refractivity contribution in [2.24, 2.45) is 0 Å². The first-order chi connectivity index (χ1) is 15.9. The van der Waals surface area contributed by atoms with Gasteiger partial charge in [-0.15, -0.1) is 0 Å². The zero-order chi connectivity index (χ0) is 23.5. The summed E-state index contributed by atoms with van der Waals surface area (Å²) in [4.78, 5) is 18.5. The number of hydrogen-bond acceptors (Lipinski definition) is 7. The van der Waals surface area contributed by atoms with Gasteiger partial charge in [0.25, 0.3) is 0 Å². The molecule has 0 unspecified atom stereocenters. The highest BCUT2D eigenvalue weighted by Crippen LogP contribution is 2.30. The van der Waals surface area contributed by atoms with Crippen molar-refractivity contribution in [1.82, 2.24) is 29.3 Å². The number of hydrogen-bond donors (Lipinski definition) is 1. The number of nitrogens with two attached hydrogens (primary N) is 1. The van der Waals surface area contributed by atoms with Gasteiger partial charge in [-0.25, -0.2) is 4.98 Å². The molecule has 4 rings (SSSR count). The van der Waals surface area contributed by atoms with Crippen LogP contribution in [-0.4, -0.2) is 75.7 Å². The standard InChI is InChI=1S/C24H34ClN7O/c1-5-30-9-11-31(12-10-30)8-6-7-18-14-32(23-20(18)22(25)28-24(26)29-23)15-19-17(3)21(33-4)16(2)13-27-19/h13-14H,5-12,15H2,1-4H3,(H2,26,28,29). The van der Waals surface area contributed by atoms with Crippen LogP contribution in [0.5, 0.6) is 5.75 Å². The summed E-state index contributed by atoms with van der Waals surface area (Å²) >= 11 is 6.55. The molecular weight excluding hydrogens is 438 g/mol. The normalized spacial score (nSPS) is 15.4. The lowest BCUT2D eigenvalue weighted by molar-refractivity contribution is 0.136. The number of aromatic nitrogens is 4. The molecule has 33 heavy (non-hydrogen) atoms. The first kappa shape index (κ1) is 23.7. The van der Waals surface area contributed by atoms with Crippen LogP contribution in [-0.2, 0) is 13.0 Å². The molecule has 0 amide bonds. The second-order valence-corrected chi connectivity index (χ2v) is 9.14. The largest absolute Gasteiger partial charge is 0.496 e. The van der Waals surface area contributed by atoms with Crippen LogP contribution in [0.1, 0.15) is 35.7 Å². The van der Waals surface area contributed by atoms with Crippen molar-refractivity contribution >= 4 is 28.6 Å². The molecule has 1 saturated heterocycles. The Bertz CT molecular complexity index is 1120. The summed E-state index contributed by atoms with van der Waals surface area (Å²) in [5.74, 6) is 1.05. The minimum Gasteiger partial charge on any atom is -0.496 e. The lowest BCUT2D eigenvalue weighted by Crippen LogP contribution is -2.46. The smallest absolute Gasteiger partial charge is 0.223 e. The fourth-order valence-electron chi connectivity index (χ4n) is 4.76. The van der Waals surface area contributed by atoms with Gasteiger partial charge in [0.1, 0.15) is 16.5 Å². The van der Waals surface area contributed by atoms with Crippen molar-refractivity contribution in [3.8, 4) is 5.75 Å². The summed E-state index contributed by atoms with van der Waals surface area (Å²) in [5, 5.41) is 1.30. The molecule has 1 fully saturated rings. The van der Waals surface area contributed by atoms with Gasteiger partial charge in [0.05, 0.1) is 24.7 Å². The molecule has 0 bridgehead atoms. The second-order valence-electron chi connectivity index (χ2n) is 8.78. The van der Waals surface area contributed by atoms with Gasteiger partial charge < -0.3 is 24.8 Å². The number of ether oxygens (including phenoxy) is 1. The molecule has 3 aromatic rings. The fourth-order valence-corrected chi connectivity index (χ4v) is 5.05. The maximum Gasteiger partial charge on any atom is 0.223 e. The Morgan fingerprint density at radius 2 is 1.85 bits per heavy atom. The molecule has 1 aliphatic rings. The molecule has 0 atom stereocenters. The number of piperazine rings is 1. The minimum atomic E-state index is 0.179. The summed E-state index contributed by atoms with van der Waals surface area (Å²) in [6, 6.07) is 0. The van der Waals surface area contributed by atoms with Crippen molar-refractivity contribution in [3.63, 3.8) is 0 Å². The number of likely N-dealkylation sites (N-methyl/N-ethyl adjacent to an activating group) is 1. The predicted octanol–water partition coefficient (Wildman–Crippen LogP) is 3.31. The minimum absolute atomic E-state index is 0.179. The van der Waals surface area contributed by atoms with Gasteiger partial charge in [-0.1, -0.05) is 18.5 Å². The average Bonchev–Trinajstić information content (AvgIpc) is 3.14. The van der Waals surface area contributed by atoms with Crippen molar-refractivity contribution in [2.45, 2.75) is 40.2 Å². The number of methoxy groups -OCH3 is 1. The molecule has 0 spiro atoms. The van der Waals surface area contributed by atoms with Crippen LogP contribution >= 0.6 is 11.6 Å². The summed E-state index contributed by atoms with van der Waals surface area (Å²) in [7, 11) is 1.69. The molecule has 2 N–H and O–H groups in total. The Balaban J connectivity index is 1.56. The first-order valence-electron chi connectivity index (χ1n) is 11.7. The molecule has 8 nitrogen and oxygen atoms in total. The monoisotopic (exact) mass is 471 g/mol. The van der Waals surface area contributed by atoms with Gasteiger partial charge in [-0.05, 0) is 45.3 Å². The van der Waals surface area contributed by atoms with E-state index in [1.807, 2.05) is 20.0 Å². The summed E-state index contributed by atoms with van der Waals surface area (Å²) in [6.07, 6.45) is 5.95. The molecule has 0 saturated carbocycles. The van der Waals surface area contributed by atoms with Crippen molar-refractivity contribution in [3.05, 3.63) is 39.9 Å². The lowest BCUT2D eigenvalue weighted by Gasteiger charge is -2.33. The maximum absolute atomic E-state index is 6.55. The zero-order valence-electron chi connectivity index (χ0n) is 20.1. The Kier molecular flexibility index (Phi) is 7.36. The number of rotatable bonds is 8. The average molecular weight is 472 g/mol. The number of fused-ring (bicyclic) bond motifs is 1. The topological polar surface area (TPSA) is 85.3 Å². The van der Waals surface area contributed by atoms with Crippen LogP contribution < -0.4 is 10.5 Å². The Morgan fingerprint density at radius 1 is 1.12 bits per heavy atom. The third kappa shape index (κ3) is 5.08. The predicted molar refractivity (Wildman–Crippen MR) is 133 cm³/mol. The molecule has 1 aliphatic heterocycles. The highest BCUT2D eigenvalue weighted by molar-refractivity contribution is 6.34. The number of nitrogens with zero attached hydrogens (tertiary/aromatic N) is 6. The van der Waals surface area contributed by atoms with Crippen LogP contribution in [0.15, 0.2) is 12.4 Å². The number of aryl methyl sites for hydroxylation is 2. The van der Waals surface area contributed by atoms with E-state index < -0.39 is 0 Å². The highest BCUT2D eigenvalue weighted by Gasteiger charge is 2.19. The lowest BCUT2D eigenvalue weighted by atomic mass is 10.1. The number of nitrogen functional groups attached to an aromatic ring is 1. The quantitative estimate of drug-likeness (QED) is 0.504. The van der Waals surface area contributed by atoms with E-state index in [-0.39, 0.29) is 5.95 Å². The Labute approximate surface area is 200 Å². The van der Waals surface area contributed by atoms with Crippen LogP contribution in [0.3, 0.4) is 0 Å². The van der Waals surface area contributed by atoms with Crippen LogP contribution in [0.2, 0.25) is 5.15 Å². The van der Waals surface area contributed by atoms with E-state index in [2.05, 4.69) is 42.4 Å². The molecule has 178 valence electrons. The molecule has 0 aliphatic carbocycles. The highest BCUT2D eigenvalue weighted by atomic mass is 35.5. The van der Waals surface area contributed by atoms with E-state index in [0.29, 0.717) is 11.7 Å². The van der Waals surface area contributed by atoms with Gasteiger partial charge in [-0.2, -0.15) is 4.98 Å². The van der Waals surface area contributed by atoms with E-state index in [1.54, 1.807) is 7.11 Å². The second kappa shape index (κ2) is 10.2. The third-order valence-corrected chi connectivity index (χ3v) is 6.94. The Morgan fingerprint density at radius 3 is 2.55 bits per heavy atom. The van der Waals surface area contributed by atoms with E-state index in [1.165, 1.54) is 0 Å². The number of anilines is 1. The van der Waals surface area contributed by atoms with Gasteiger partial charge in [0.2, 0.25) is 5.95 Å². The maximum atomic E-state index is 6.55. The zero-order valence-corrected chi connectivity index (χ0v) is 20.8. The van der Waals surface area contributed by atoms with Gasteiger partial charge in [0.15, 0.2) is 0 Å². The summed E-state index contributed by atoms with van der Waals surface area (Å²) in [5.41, 5.74) is 10.8. The third-order valence-electron chi connectivity index (χ3n) is 6.67. The molecule has 0 aromatic carbocycles. The van der Waals surface area contributed by atoms with E-state index in [9.17, 15) is 0 Å². The molecule has 4 heterocycles. The molecule has 3 aromatic heterocycles. The molecule has 9 heteroatoms. The fraction of sp³-hybridized carbons (Fsp3) is 0.542. The van der Waals surface area contributed by atoms with Crippen LogP contribution in [0.4, 0.5) is 5.95 Å². The Hall–Kier alpha value is -2.42. The van der Waals surface area contributed by atoms with E-state index >= 15 is 0 Å².